The molecular weight excluding hydrogens is 449 g/mol. The number of hydrogen-bond donors (Lipinski definition) is 2. The predicted octanol–water partition coefficient (Wildman–Crippen LogP) is 5.33. The fourth-order valence-electron chi connectivity index (χ4n) is 5.34. The third-order valence-electron chi connectivity index (χ3n) is 7.02. The van der Waals surface area contributed by atoms with Crippen LogP contribution in [0.25, 0.3) is 0 Å². The molecule has 32 heavy (non-hydrogen) atoms. The Labute approximate surface area is 199 Å². The van der Waals surface area contributed by atoms with E-state index in [1.807, 2.05) is 6.07 Å². The highest BCUT2D eigenvalue weighted by Gasteiger charge is 2.50. The normalized spacial score (nSPS) is 25.2. The van der Waals surface area contributed by atoms with Crippen molar-refractivity contribution in [2.24, 2.45) is 0 Å². The van der Waals surface area contributed by atoms with E-state index in [9.17, 15) is 4.79 Å². The molecule has 2 N–H and O–H groups in total. The van der Waals surface area contributed by atoms with Gasteiger partial charge in [0.1, 0.15) is 0 Å². The van der Waals surface area contributed by atoms with E-state index in [0.29, 0.717) is 21.8 Å². The van der Waals surface area contributed by atoms with Crippen LogP contribution in [0.4, 0.5) is 10.5 Å². The van der Waals surface area contributed by atoms with Crippen molar-refractivity contribution in [3.8, 4) is 11.5 Å². The Morgan fingerprint density at radius 3 is 2.66 bits per heavy atom. The number of ether oxygens (including phenoxy) is 2. The number of urea groups is 1. The van der Waals surface area contributed by atoms with Crippen molar-refractivity contribution < 1.29 is 14.3 Å². The van der Waals surface area contributed by atoms with Crippen LogP contribution in [0, 0.1) is 0 Å². The highest BCUT2D eigenvalue weighted by molar-refractivity contribution is 6.43. The number of likely N-dealkylation sites (N-methyl/N-ethyl adjacent to an activating group) is 1. The van der Waals surface area contributed by atoms with Crippen LogP contribution < -0.4 is 20.1 Å². The Hall–Kier alpha value is -2.15. The maximum atomic E-state index is 12.7. The van der Waals surface area contributed by atoms with Gasteiger partial charge in [-0.1, -0.05) is 35.3 Å². The second kappa shape index (κ2) is 9.38. The van der Waals surface area contributed by atoms with Gasteiger partial charge in [0.05, 0.1) is 30.0 Å². The van der Waals surface area contributed by atoms with Gasteiger partial charge in [-0.05, 0) is 69.1 Å². The van der Waals surface area contributed by atoms with Gasteiger partial charge in [0.25, 0.3) is 0 Å². The second-order valence-corrected chi connectivity index (χ2v) is 9.43. The highest BCUT2D eigenvalue weighted by atomic mass is 35.5. The summed E-state index contributed by atoms with van der Waals surface area (Å²) in [6, 6.07) is 11.6. The Kier molecular flexibility index (Phi) is 6.75. The molecule has 0 spiro atoms. The lowest BCUT2D eigenvalue weighted by Gasteiger charge is -2.45. The zero-order chi connectivity index (χ0) is 22.9. The first-order valence-corrected chi connectivity index (χ1v) is 11.6. The molecule has 0 aromatic heterocycles. The third-order valence-corrected chi connectivity index (χ3v) is 7.84. The van der Waals surface area contributed by atoms with Crippen molar-refractivity contribution >= 4 is 34.9 Å². The molecule has 0 radical (unpaired) electrons. The monoisotopic (exact) mass is 477 g/mol. The van der Waals surface area contributed by atoms with Gasteiger partial charge in [-0.15, -0.1) is 0 Å². The summed E-state index contributed by atoms with van der Waals surface area (Å²) in [5.41, 5.74) is 1.82. The lowest BCUT2D eigenvalue weighted by Crippen LogP contribution is -2.52. The minimum atomic E-state index is -0.265. The van der Waals surface area contributed by atoms with Crippen molar-refractivity contribution in [3.63, 3.8) is 0 Å². The quantitative estimate of drug-likeness (QED) is 0.610. The lowest BCUT2D eigenvalue weighted by molar-refractivity contribution is 0.156. The average Bonchev–Trinajstić information content (AvgIpc) is 3.13. The summed E-state index contributed by atoms with van der Waals surface area (Å²) < 4.78 is 11.0. The Morgan fingerprint density at radius 1 is 1.12 bits per heavy atom. The standard InChI is InChI=1S/C24H29Cl2N3O3/c1-29-12-11-24(15-7-8-19(31-2)20(13-15)32-3)10-9-16(14-21(24)29)27-23(30)28-18-6-4-5-17(25)22(18)26/h4-8,13,16,21H,9-12,14H2,1-3H3,(H2,27,28,30)/t16?,21-,24-/m0/s1. The first kappa shape index (κ1) is 23.0. The molecule has 2 fully saturated rings. The summed E-state index contributed by atoms with van der Waals surface area (Å²) in [5, 5.41) is 6.72. The zero-order valence-corrected chi connectivity index (χ0v) is 20.1. The molecule has 1 saturated heterocycles. The summed E-state index contributed by atoms with van der Waals surface area (Å²) in [6.07, 6.45) is 3.85. The van der Waals surface area contributed by atoms with Crippen LogP contribution in [0.5, 0.6) is 11.5 Å². The second-order valence-electron chi connectivity index (χ2n) is 8.64. The number of fused-ring (bicyclic) bond motifs is 1. The molecule has 4 rings (SSSR count). The number of anilines is 1. The van der Waals surface area contributed by atoms with Crippen LogP contribution in [0.1, 0.15) is 31.2 Å². The number of rotatable bonds is 5. The van der Waals surface area contributed by atoms with E-state index in [2.05, 4.69) is 34.7 Å². The molecule has 2 aromatic rings. The third kappa shape index (κ3) is 4.24. The van der Waals surface area contributed by atoms with Crippen LogP contribution in [0.15, 0.2) is 36.4 Å². The van der Waals surface area contributed by atoms with Gasteiger partial charge in [-0.2, -0.15) is 0 Å². The molecule has 172 valence electrons. The molecule has 2 aromatic carbocycles. The number of hydrogen-bond acceptors (Lipinski definition) is 4. The van der Waals surface area contributed by atoms with E-state index < -0.39 is 0 Å². The Morgan fingerprint density at radius 2 is 1.91 bits per heavy atom. The molecule has 1 heterocycles. The fourth-order valence-corrected chi connectivity index (χ4v) is 5.69. The van der Waals surface area contributed by atoms with Gasteiger partial charge in [0.2, 0.25) is 0 Å². The number of likely N-dealkylation sites (tertiary alicyclic amines) is 1. The molecule has 1 aliphatic carbocycles. The van der Waals surface area contributed by atoms with E-state index >= 15 is 0 Å². The van der Waals surface area contributed by atoms with Gasteiger partial charge >= 0.3 is 6.03 Å². The number of amides is 2. The van der Waals surface area contributed by atoms with E-state index in [0.717, 1.165) is 43.7 Å². The van der Waals surface area contributed by atoms with Gasteiger partial charge in [0.15, 0.2) is 11.5 Å². The number of nitrogens with one attached hydrogen (secondary N) is 2. The van der Waals surface area contributed by atoms with E-state index in [-0.39, 0.29) is 17.5 Å². The van der Waals surface area contributed by atoms with Crippen molar-refractivity contribution in [2.75, 3.05) is 33.1 Å². The first-order valence-electron chi connectivity index (χ1n) is 10.8. The fraction of sp³-hybridized carbons (Fsp3) is 0.458. The van der Waals surface area contributed by atoms with Crippen LogP contribution in [0.2, 0.25) is 10.0 Å². The van der Waals surface area contributed by atoms with Crippen molar-refractivity contribution in [1.29, 1.82) is 0 Å². The van der Waals surface area contributed by atoms with E-state index in [1.165, 1.54) is 5.56 Å². The molecular formula is C24H29Cl2N3O3. The summed E-state index contributed by atoms with van der Waals surface area (Å²) in [6.45, 7) is 1.02. The summed E-state index contributed by atoms with van der Waals surface area (Å²) in [4.78, 5) is 15.1. The molecule has 6 nitrogen and oxygen atoms in total. The predicted molar refractivity (Wildman–Crippen MR) is 129 cm³/mol. The molecule has 8 heteroatoms. The SMILES string of the molecule is COc1ccc([C@@]23CCC(NC(=O)Nc4cccc(Cl)c4Cl)C[C@@H]2N(C)CC3)cc1OC. The van der Waals surface area contributed by atoms with Gasteiger partial charge < -0.3 is 25.0 Å². The molecule has 1 saturated carbocycles. The maximum absolute atomic E-state index is 12.7. The maximum Gasteiger partial charge on any atom is 0.319 e. The molecule has 1 unspecified atom stereocenters. The molecule has 3 atom stereocenters. The number of carbonyl (C=O) groups is 1. The van der Waals surface area contributed by atoms with Crippen LogP contribution >= 0.6 is 23.2 Å². The van der Waals surface area contributed by atoms with E-state index in [1.54, 1.807) is 32.4 Å². The molecule has 2 amide bonds. The van der Waals surface area contributed by atoms with E-state index in [4.69, 9.17) is 32.7 Å². The summed E-state index contributed by atoms with van der Waals surface area (Å²) in [7, 11) is 5.49. The van der Waals surface area contributed by atoms with Crippen LogP contribution in [0.3, 0.4) is 0 Å². The van der Waals surface area contributed by atoms with Crippen LogP contribution in [-0.4, -0.2) is 50.8 Å². The first-order chi connectivity index (χ1) is 15.4. The largest absolute Gasteiger partial charge is 0.493 e. The smallest absolute Gasteiger partial charge is 0.319 e. The number of nitrogens with zero attached hydrogens (tertiary/aromatic N) is 1. The molecule has 1 aliphatic heterocycles. The number of carbonyl (C=O) groups excluding carboxylic acids is 1. The number of halogens is 2. The Balaban J connectivity index is 1.49. The molecule has 0 bridgehead atoms. The molecule has 2 aliphatic rings. The Bertz CT molecular complexity index is 1000. The van der Waals surface area contributed by atoms with Crippen molar-refractivity contribution in [2.45, 2.75) is 43.2 Å². The minimum absolute atomic E-state index is 0.0409. The van der Waals surface area contributed by atoms with Crippen LogP contribution in [-0.2, 0) is 5.41 Å². The summed E-state index contributed by atoms with van der Waals surface area (Å²) in [5.74, 6) is 1.49. The lowest BCUT2D eigenvalue weighted by atomic mass is 9.65. The van der Waals surface area contributed by atoms with Crippen molar-refractivity contribution in [1.82, 2.24) is 10.2 Å². The number of benzene rings is 2. The minimum Gasteiger partial charge on any atom is -0.493 e. The van der Waals surface area contributed by atoms with Gasteiger partial charge in [0, 0.05) is 17.5 Å². The highest BCUT2D eigenvalue weighted by Crippen LogP contribution is 2.49. The van der Waals surface area contributed by atoms with Gasteiger partial charge in [-0.3, -0.25) is 0 Å². The average molecular weight is 478 g/mol. The topological polar surface area (TPSA) is 62.8 Å². The number of methoxy groups -OCH3 is 2. The van der Waals surface area contributed by atoms with Crippen molar-refractivity contribution in [3.05, 3.63) is 52.0 Å². The zero-order valence-electron chi connectivity index (χ0n) is 18.6. The summed E-state index contributed by atoms with van der Waals surface area (Å²) >= 11 is 12.3. The van der Waals surface area contributed by atoms with Gasteiger partial charge in [-0.25, -0.2) is 4.79 Å².